The minimum atomic E-state index is -0.503. The fraction of sp³-hybridized carbons (Fsp3) is 0.333. The zero-order valence-corrected chi connectivity index (χ0v) is 17.6. The lowest BCUT2D eigenvalue weighted by Gasteiger charge is -2.27. The molecule has 0 bridgehead atoms. The van der Waals surface area contributed by atoms with Crippen molar-refractivity contribution in [2.45, 2.75) is 44.5 Å². The smallest absolute Gasteiger partial charge is 0.338 e. The molecular weight excluding hydrogens is 396 g/mol. The Morgan fingerprint density at radius 1 is 1.00 bits per heavy atom. The van der Waals surface area contributed by atoms with Crippen LogP contribution in [0.5, 0.6) is 0 Å². The van der Waals surface area contributed by atoms with Crippen LogP contribution in [-0.4, -0.2) is 31.3 Å². The lowest BCUT2D eigenvalue weighted by molar-refractivity contribution is -0.138. The van der Waals surface area contributed by atoms with Crippen molar-refractivity contribution in [3.8, 4) is 0 Å². The Morgan fingerprint density at radius 2 is 1.68 bits per heavy atom. The van der Waals surface area contributed by atoms with Gasteiger partial charge in [-0.3, -0.25) is 0 Å². The van der Waals surface area contributed by atoms with Crippen LogP contribution in [0.2, 0.25) is 0 Å². The lowest BCUT2D eigenvalue weighted by Crippen LogP contribution is -2.27. The Labute approximate surface area is 182 Å². The molecule has 4 N–H and O–H groups in total. The first-order chi connectivity index (χ1) is 14.9. The van der Waals surface area contributed by atoms with Gasteiger partial charge in [0.15, 0.2) is 0 Å². The van der Waals surface area contributed by atoms with Gasteiger partial charge in [0.25, 0.3) is 0 Å². The van der Waals surface area contributed by atoms with E-state index in [1.54, 1.807) is 55.7 Å². The summed E-state index contributed by atoms with van der Waals surface area (Å²) in [6.07, 6.45) is 6.56. The monoisotopic (exact) mass is 424 g/mol. The zero-order chi connectivity index (χ0) is 22.2. The normalized spacial score (nSPS) is 18.6. The third-order valence-electron chi connectivity index (χ3n) is 5.32. The van der Waals surface area contributed by atoms with E-state index in [9.17, 15) is 9.59 Å². The number of carbonyl (C=O) groups is 2. The van der Waals surface area contributed by atoms with Crippen molar-refractivity contribution in [1.29, 1.82) is 0 Å². The number of hydrogen-bond donors (Lipinski definition) is 2. The van der Waals surface area contributed by atoms with Crippen molar-refractivity contribution in [2.75, 3.05) is 18.6 Å². The minimum Gasteiger partial charge on any atom is -0.459 e. The molecule has 164 valence electrons. The molecule has 0 radical (unpaired) electrons. The van der Waals surface area contributed by atoms with E-state index in [-0.39, 0.29) is 24.8 Å². The van der Waals surface area contributed by atoms with Crippen LogP contribution in [0.3, 0.4) is 0 Å². The predicted molar refractivity (Wildman–Crippen MR) is 119 cm³/mol. The molecule has 1 aliphatic rings. The average molecular weight is 424 g/mol. The predicted octanol–water partition coefficient (Wildman–Crippen LogP) is 3.72. The van der Waals surface area contributed by atoms with E-state index >= 15 is 0 Å². The molecule has 0 unspecified atom stereocenters. The van der Waals surface area contributed by atoms with Crippen LogP contribution in [0.25, 0.3) is 6.08 Å². The lowest BCUT2D eigenvalue weighted by atomic mass is 9.95. The number of benzene rings is 2. The Hall–Kier alpha value is -3.32. The third-order valence-corrected chi connectivity index (χ3v) is 5.32. The summed E-state index contributed by atoms with van der Waals surface area (Å²) in [6, 6.07) is 11.9. The topological polar surface area (TPSA) is 114 Å². The van der Waals surface area contributed by atoms with Gasteiger partial charge < -0.3 is 25.7 Å². The highest BCUT2D eigenvalue weighted by Crippen LogP contribution is 2.24. The molecule has 0 saturated heterocycles. The molecule has 0 amide bonds. The highest BCUT2D eigenvalue weighted by Gasteiger charge is 2.24. The van der Waals surface area contributed by atoms with E-state index < -0.39 is 5.97 Å². The molecular formula is C24H28N2O5. The molecule has 1 aliphatic carbocycles. The summed E-state index contributed by atoms with van der Waals surface area (Å²) in [4.78, 5) is 24.3. The molecule has 1 fully saturated rings. The number of nitrogens with two attached hydrogens (primary N) is 2. The number of methoxy groups -OCH3 is 1. The molecule has 0 atom stereocenters. The van der Waals surface area contributed by atoms with Crippen LogP contribution < -0.4 is 11.5 Å². The second kappa shape index (κ2) is 10.6. The number of ether oxygens (including phenoxy) is 3. The molecule has 1 saturated carbocycles. The van der Waals surface area contributed by atoms with Crippen molar-refractivity contribution in [3.05, 3.63) is 65.2 Å². The molecule has 0 heterocycles. The van der Waals surface area contributed by atoms with Gasteiger partial charge in [0, 0.05) is 30.1 Å². The molecule has 7 heteroatoms. The molecule has 0 spiro atoms. The summed E-state index contributed by atoms with van der Waals surface area (Å²) in [5.74, 6) is -0.840. The van der Waals surface area contributed by atoms with Crippen LogP contribution in [0.4, 0.5) is 11.4 Å². The molecule has 7 nitrogen and oxygen atoms in total. The van der Waals surface area contributed by atoms with Gasteiger partial charge in [0.2, 0.25) is 0 Å². The van der Waals surface area contributed by atoms with Gasteiger partial charge >= 0.3 is 11.9 Å². The molecule has 0 aliphatic heterocycles. The van der Waals surface area contributed by atoms with Crippen molar-refractivity contribution >= 4 is 29.4 Å². The second-order valence-electron chi connectivity index (χ2n) is 7.56. The second-order valence-corrected chi connectivity index (χ2v) is 7.56. The summed E-state index contributed by atoms with van der Waals surface area (Å²) in [5, 5.41) is 0. The summed E-state index contributed by atoms with van der Waals surface area (Å²) in [7, 11) is 1.71. The van der Waals surface area contributed by atoms with Crippen LogP contribution in [-0.2, 0) is 25.6 Å². The van der Waals surface area contributed by atoms with Crippen LogP contribution in [0.15, 0.2) is 48.5 Å². The standard InChI is InChI=1S/C24H28N2O5/c1-29-20-8-10-21(11-9-20)31-24(28)17-5-2-16(3-6-17)4-13-23(27)30-15-18-14-19(25)7-12-22(18)26/h2-7,12-14,20-21H,8-11,15,25-26H2,1H3/b13-4+. The van der Waals surface area contributed by atoms with E-state index in [1.165, 1.54) is 6.08 Å². The SMILES string of the molecule is COC1CCC(OC(=O)c2ccc(/C=C/C(=O)OCc3cc(N)ccc3N)cc2)CC1. The first-order valence-electron chi connectivity index (χ1n) is 10.3. The quantitative estimate of drug-likeness (QED) is 0.395. The van der Waals surface area contributed by atoms with Gasteiger partial charge in [-0.05, 0) is 67.7 Å². The number of rotatable bonds is 7. The van der Waals surface area contributed by atoms with E-state index in [0.29, 0.717) is 22.5 Å². The highest BCUT2D eigenvalue weighted by atomic mass is 16.5. The van der Waals surface area contributed by atoms with Gasteiger partial charge in [-0.15, -0.1) is 0 Å². The zero-order valence-electron chi connectivity index (χ0n) is 17.6. The first-order valence-corrected chi connectivity index (χ1v) is 10.3. The molecule has 3 rings (SSSR count). The van der Waals surface area contributed by atoms with Gasteiger partial charge in [-0.1, -0.05) is 12.1 Å². The summed E-state index contributed by atoms with van der Waals surface area (Å²) in [5.41, 5.74) is 14.5. The molecule has 2 aromatic rings. The fourth-order valence-electron chi connectivity index (χ4n) is 3.45. The molecule has 31 heavy (non-hydrogen) atoms. The maximum absolute atomic E-state index is 12.3. The van der Waals surface area contributed by atoms with Crippen molar-refractivity contribution < 1.29 is 23.8 Å². The Bertz CT molecular complexity index is 931. The van der Waals surface area contributed by atoms with E-state index in [2.05, 4.69) is 0 Å². The molecule has 0 aromatic heterocycles. The number of anilines is 2. The van der Waals surface area contributed by atoms with E-state index in [1.807, 2.05) is 0 Å². The van der Waals surface area contributed by atoms with Crippen molar-refractivity contribution in [1.82, 2.24) is 0 Å². The van der Waals surface area contributed by atoms with Crippen molar-refractivity contribution in [3.63, 3.8) is 0 Å². The Balaban J connectivity index is 1.48. The summed E-state index contributed by atoms with van der Waals surface area (Å²) in [6.45, 7) is 0.0388. The molecule has 2 aromatic carbocycles. The highest BCUT2D eigenvalue weighted by molar-refractivity contribution is 5.90. The maximum Gasteiger partial charge on any atom is 0.338 e. The van der Waals surface area contributed by atoms with Gasteiger partial charge in [0.1, 0.15) is 12.7 Å². The minimum absolute atomic E-state index is 0.0388. The van der Waals surface area contributed by atoms with Crippen LogP contribution in [0, 0.1) is 0 Å². The van der Waals surface area contributed by atoms with E-state index in [0.717, 1.165) is 31.2 Å². The van der Waals surface area contributed by atoms with Crippen LogP contribution >= 0.6 is 0 Å². The number of esters is 2. The van der Waals surface area contributed by atoms with E-state index in [4.69, 9.17) is 25.7 Å². The average Bonchev–Trinajstić information content (AvgIpc) is 2.79. The Kier molecular flexibility index (Phi) is 7.67. The number of carbonyl (C=O) groups excluding carboxylic acids is 2. The first kappa shape index (κ1) is 22.4. The summed E-state index contributed by atoms with van der Waals surface area (Å²) < 4.78 is 16.1. The largest absolute Gasteiger partial charge is 0.459 e. The maximum atomic E-state index is 12.3. The van der Waals surface area contributed by atoms with Gasteiger partial charge in [0.05, 0.1) is 11.7 Å². The summed E-state index contributed by atoms with van der Waals surface area (Å²) >= 11 is 0. The Morgan fingerprint density at radius 3 is 2.35 bits per heavy atom. The van der Waals surface area contributed by atoms with Crippen molar-refractivity contribution in [2.24, 2.45) is 0 Å². The number of nitrogen functional groups attached to an aromatic ring is 2. The fourth-order valence-corrected chi connectivity index (χ4v) is 3.45. The van der Waals surface area contributed by atoms with Gasteiger partial charge in [-0.25, -0.2) is 9.59 Å². The van der Waals surface area contributed by atoms with Crippen LogP contribution in [0.1, 0.15) is 47.2 Å². The number of hydrogen-bond acceptors (Lipinski definition) is 7. The third kappa shape index (κ3) is 6.58. The van der Waals surface area contributed by atoms with Gasteiger partial charge in [-0.2, -0.15) is 0 Å².